The molecule has 0 bridgehead atoms. The van der Waals surface area contributed by atoms with Gasteiger partial charge in [0.15, 0.2) is 0 Å². The lowest BCUT2D eigenvalue weighted by Crippen LogP contribution is -2.36. The maximum atomic E-state index is 11.7. The van der Waals surface area contributed by atoms with Crippen molar-refractivity contribution in [2.24, 2.45) is 0 Å². The van der Waals surface area contributed by atoms with Gasteiger partial charge in [0.25, 0.3) is 0 Å². The van der Waals surface area contributed by atoms with Crippen molar-refractivity contribution in [3.8, 4) is 0 Å². The van der Waals surface area contributed by atoms with Crippen LogP contribution in [0.3, 0.4) is 0 Å². The van der Waals surface area contributed by atoms with Gasteiger partial charge in [-0.25, -0.2) is 0 Å². The zero-order valence-electron chi connectivity index (χ0n) is 10.8. The minimum atomic E-state index is -0.890. The Bertz CT molecular complexity index is 435. The van der Waals surface area contributed by atoms with E-state index in [1.807, 2.05) is 31.2 Å². The Morgan fingerprint density at radius 3 is 2.72 bits per heavy atom. The van der Waals surface area contributed by atoms with Crippen LogP contribution in [0.15, 0.2) is 24.3 Å². The first kappa shape index (κ1) is 14.7. The zero-order chi connectivity index (χ0) is 13.5. The van der Waals surface area contributed by atoms with E-state index in [2.05, 4.69) is 5.32 Å². The van der Waals surface area contributed by atoms with E-state index in [0.717, 1.165) is 5.56 Å². The Morgan fingerprint density at radius 2 is 2.11 bits per heavy atom. The van der Waals surface area contributed by atoms with E-state index < -0.39 is 10.8 Å². The third-order valence-electron chi connectivity index (χ3n) is 2.57. The summed E-state index contributed by atoms with van der Waals surface area (Å²) in [5.41, 5.74) is 7.50. The van der Waals surface area contributed by atoms with Crippen molar-refractivity contribution >= 4 is 22.4 Å². The van der Waals surface area contributed by atoms with E-state index >= 15 is 0 Å². The molecule has 1 amide bonds. The van der Waals surface area contributed by atoms with Crippen molar-refractivity contribution in [3.63, 3.8) is 0 Å². The molecule has 2 atom stereocenters. The molecule has 0 aliphatic rings. The second-order valence-electron chi connectivity index (χ2n) is 4.41. The van der Waals surface area contributed by atoms with Crippen LogP contribution in [0.4, 0.5) is 5.69 Å². The predicted molar refractivity (Wildman–Crippen MR) is 75.7 cm³/mol. The summed E-state index contributed by atoms with van der Waals surface area (Å²) in [6.07, 6.45) is 2.66. The van der Waals surface area contributed by atoms with Gasteiger partial charge in [0.1, 0.15) is 0 Å². The number of carbonyl (C=O) groups excluding carboxylic acids is 1. The molecular formula is C13H20N2O2S. The van der Waals surface area contributed by atoms with Crippen molar-refractivity contribution < 1.29 is 9.00 Å². The molecule has 1 aromatic carbocycles. The minimum absolute atomic E-state index is 0.0313. The number of anilines is 1. The van der Waals surface area contributed by atoms with Crippen molar-refractivity contribution in [1.82, 2.24) is 5.32 Å². The molecule has 0 spiro atoms. The molecule has 100 valence electrons. The summed E-state index contributed by atoms with van der Waals surface area (Å²) in [7, 11) is -0.890. The van der Waals surface area contributed by atoms with E-state index in [1.165, 1.54) is 0 Å². The molecule has 0 aliphatic heterocycles. The first-order chi connectivity index (χ1) is 8.49. The molecule has 18 heavy (non-hydrogen) atoms. The Labute approximate surface area is 110 Å². The number of para-hydroxylation sites is 1. The molecule has 0 heterocycles. The lowest BCUT2D eigenvalue weighted by molar-refractivity contribution is -0.121. The minimum Gasteiger partial charge on any atom is -0.399 e. The molecule has 0 saturated heterocycles. The molecule has 1 aromatic rings. The average Bonchev–Trinajstić information content (AvgIpc) is 2.26. The maximum absolute atomic E-state index is 11.7. The number of aryl methyl sites for hydroxylation is 1. The Morgan fingerprint density at radius 1 is 1.44 bits per heavy atom. The van der Waals surface area contributed by atoms with Gasteiger partial charge in [-0.1, -0.05) is 18.2 Å². The molecule has 3 N–H and O–H groups in total. The SMILES string of the molecule is CC(CS(C)=O)NC(=O)CCc1ccccc1N. The molecule has 0 aliphatic carbocycles. The second kappa shape index (κ2) is 7.16. The molecule has 5 heteroatoms. The van der Waals surface area contributed by atoms with E-state index in [0.29, 0.717) is 24.3 Å². The zero-order valence-corrected chi connectivity index (χ0v) is 11.6. The quantitative estimate of drug-likeness (QED) is 0.758. The highest BCUT2D eigenvalue weighted by Crippen LogP contribution is 2.12. The van der Waals surface area contributed by atoms with Crippen molar-refractivity contribution in [1.29, 1.82) is 0 Å². The third kappa shape index (κ3) is 5.31. The average molecular weight is 268 g/mol. The molecule has 4 nitrogen and oxygen atoms in total. The molecule has 0 aromatic heterocycles. The van der Waals surface area contributed by atoms with Crippen LogP contribution in [0.2, 0.25) is 0 Å². The van der Waals surface area contributed by atoms with Crippen LogP contribution in [0.5, 0.6) is 0 Å². The molecule has 2 unspecified atom stereocenters. The normalized spacial score (nSPS) is 13.9. The van der Waals surface area contributed by atoms with E-state index in [1.54, 1.807) is 6.26 Å². The highest BCUT2D eigenvalue weighted by Gasteiger charge is 2.09. The topological polar surface area (TPSA) is 72.2 Å². The van der Waals surface area contributed by atoms with E-state index in [9.17, 15) is 9.00 Å². The Kier molecular flexibility index (Phi) is 5.85. The summed E-state index contributed by atoms with van der Waals surface area (Å²) in [5.74, 6) is 0.454. The monoisotopic (exact) mass is 268 g/mol. The lowest BCUT2D eigenvalue weighted by Gasteiger charge is -2.12. The van der Waals surface area contributed by atoms with Gasteiger partial charge in [0.05, 0.1) is 0 Å². The van der Waals surface area contributed by atoms with Crippen LogP contribution in [0.1, 0.15) is 18.9 Å². The van der Waals surface area contributed by atoms with Gasteiger partial charge in [0.2, 0.25) is 5.91 Å². The molecular weight excluding hydrogens is 248 g/mol. The van der Waals surface area contributed by atoms with Gasteiger partial charge in [-0.05, 0) is 25.0 Å². The fourth-order valence-corrected chi connectivity index (χ4v) is 2.54. The standard InChI is InChI=1S/C13H20N2O2S/c1-10(9-18(2)17)15-13(16)8-7-11-5-3-4-6-12(11)14/h3-6,10H,7-9,14H2,1-2H3,(H,15,16). The van der Waals surface area contributed by atoms with Crippen LogP contribution in [-0.4, -0.2) is 28.2 Å². The van der Waals surface area contributed by atoms with Crippen LogP contribution < -0.4 is 11.1 Å². The molecule has 0 radical (unpaired) electrons. The summed E-state index contributed by atoms with van der Waals surface area (Å²) in [4.78, 5) is 11.7. The fraction of sp³-hybridized carbons (Fsp3) is 0.462. The predicted octanol–water partition coefficient (Wildman–Crippen LogP) is 1.08. The van der Waals surface area contributed by atoms with Crippen molar-refractivity contribution in [3.05, 3.63) is 29.8 Å². The number of nitrogens with one attached hydrogen (secondary N) is 1. The summed E-state index contributed by atoms with van der Waals surface area (Å²) in [6, 6.07) is 7.48. The van der Waals surface area contributed by atoms with Gasteiger partial charge in [-0.3, -0.25) is 9.00 Å². The number of amides is 1. The fourth-order valence-electron chi connectivity index (χ4n) is 1.75. The van der Waals surface area contributed by atoms with E-state index in [-0.39, 0.29) is 11.9 Å². The second-order valence-corrected chi connectivity index (χ2v) is 5.89. The molecule has 0 saturated carbocycles. The summed E-state index contributed by atoms with van der Waals surface area (Å²) in [6.45, 7) is 1.86. The van der Waals surface area contributed by atoms with Crippen LogP contribution >= 0.6 is 0 Å². The smallest absolute Gasteiger partial charge is 0.220 e. The number of rotatable bonds is 6. The third-order valence-corrected chi connectivity index (χ3v) is 3.54. The van der Waals surface area contributed by atoms with Gasteiger partial charge >= 0.3 is 0 Å². The van der Waals surface area contributed by atoms with Crippen molar-refractivity contribution in [2.75, 3.05) is 17.7 Å². The number of nitrogen functional groups attached to an aromatic ring is 1. The number of benzene rings is 1. The van der Waals surface area contributed by atoms with Crippen molar-refractivity contribution in [2.45, 2.75) is 25.8 Å². The highest BCUT2D eigenvalue weighted by atomic mass is 32.2. The molecule has 1 rings (SSSR count). The van der Waals surface area contributed by atoms with Crippen LogP contribution in [0.25, 0.3) is 0 Å². The number of hydrogen-bond acceptors (Lipinski definition) is 3. The first-order valence-corrected chi connectivity index (χ1v) is 7.64. The maximum Gasteiger partial charge on any atom is 0.220 e. The Hall–Kier alpha value is -1.36. The largest absolute Gasteiger partial charge is 0.399 e. The van der Waals surface area contributed by atoms with Gasteiger partial charge < -0.3 is 11.1 Å². The van der Waals surface area contributed by atoms with Crippen LogP contribution in [0, 0.1) is 0 Å². The lowest BCUT2D eigenvalue weighted by atomic mass is 10.1. The van der Waals surface area contributed by atoms with Gasteiger partial charge in [-0.2, -0.15) is 0 Å². The van der Waals surface area contributed by atoms with Gasteiger partial charge in [-0.15, -0.1) is 0 Å². The number of nitrogens with two attached hydrogens (primary N) is 1. The molecule has 0 fully saturated rings. The Balaban J connectivity index is 2.38. The summed E-state index contributed by atoms with van der Waals surface area (Å²) in [5, 5.41) is 2.83. The summed E-state index contributed by atoms with van der Waals surface area (Å²) < 4.78 is 11.0. The number of carbonyl (C=O) groups is 1. The van der Waals surface area contributed by atoms with E-state index in [4.69, 9.17) is 5.73 Å². The van der Waals surface area contributed by atoms with Gasteiger partial charge in [0, 0.05) is 41.0 Å². The highest BCUT2D eigenvalue weighted by molar-refractivity contribution is 7.84. The summed E-state index contributed by atoms with van der Waals surface area (Å²) >= 11 is 0. The number of hydrogen-bond donors (Lipinski definition) is 2. The first-order valence-electron chi connectivity index (χ1n) is 5.92. The van der Waals surface area contributed by atoms with Crippen LogP contribution in [-0.2, 0) is 22.0 Å².